The van der Waals surface area contributed by atoms with E-state index in [0.717, 1.165) is 37.1 Å². The fourth-order valence-electron chi connectivity index (χ4n) is 3.73. The quantitative estimate of drug-likeness (QED) is 0.783. The van der Waals surface area contributed by atoms with E-state index in [0.29, 0.717) is 19.6 Å². The summed E-state index contributed by atoms with van der Waals surface area (Å²) >= 11 is 0. The van der Waals surface area contributed by atoms with Crippen molar-refractivity contribution in [3.63, 3.8) is 0 Å². The molecule has 0 radical (unpaired) electrons. The molecule has 0 saturated carbocycles. The number of likely N-dealkylation sites (N-methyl/N-ethyl adjacent to an activating group) is 1. The van der Waals surface area contributed by atoms with Crippen molar-refractivity contribution in [3.05, 3.63) is 65.7 Å². The molecule has 154 valence electrons. The van der Waals surface area contributed by atoms with E-state index in [-0.39, 0.29) is 17.7 Å². The minimum absolute atomic E-state index is 0.0396. The summed E-state index contributed by atoms with van der Waals surface area (Å²) in [6.07, 6.45) is 2.81. The highest BCUT2D eigenvalue weighted by molar-refractivity contribution is 5.92. The maximum Gasteiger partial charge on any atom is 0.236 e. The van der Waals surface area contributed by atoms with Crippen molar-refractivity contribution in [2.75, 3.05) is 32.0 Å². The van der Waals surface area contributed by atoms with Crippen molar-refractivity contribution < 1.29 is 9.59 Å². The van der Waals surface area contributed by atoms with E-state index in [9.17, 15) is 9.59 Å². The van der Waals surface area contributed by atoms with Gasteiger partial charge in [-0.05, 0) is 49.1 Å². The molecule has 1 N–H and O–H groups in total. The van der Waals surface area contributed by atoms with Crippen LogP contribution in [-0.2, 0) is 22.6 Å². The van der Waals surface area contributed by atoms with Gasteiger partial charge < -0.3 is 10.2 Å². The van der Waals surface area contributed by atoms with Crippen LogP contribution in [0.15, 0.2) is 54.6 Å². The lowest BCUT2D eigenvalue weighted by Crippen LogP contribution is -2.45. The molecule has 5 nitrogen and oxygen atoms in total. The molecule has 1 aliphatic rings. The average molecular weight is 394 g/mol. The number of nitrogens with zero attached hydrogens (tertiary/aromatic N) is 2. The van der Waals surface area contributed by atoms with E-state index in [2.05, 4.69) is 41.4 Å². The molecule has 2 amide bonds. The molecule has 5 heteroatoms. The normalized spacial score (nSPS) is 17.0. The summed E-state index contributed by atoms with van der Waals surface area (Å²) in [6, 6.07) is 18.0. The standard InChI is InChI=1S/C24H31N3O2/c1-3-19-11-13-20(14-12-19)16-26(2)23(28)18-27-15-7-8-21(17-27)24(29)25-22-9-5-4-6-10-22/h4-6,9-14,21H,3,7-8,15-18H2,1-2H3,(H,25,29). The minimum atomic E-state index is -0.0800. The molecule has 29 heavy (non-hydrogen) atoms. The summed E-state index contributed by atoms with van der Waals surface area (Å²) in [5.41, 5.74) is 3.26. The summed E-state index contributed by atoms with van der Waals surface area (Å²) in [5, 5.41) is 2.99. The van der Waals surface area contributed by atoms with Gasteiger partial charge in [0, 0.05) is 25.8 Å². The van der Waals surface area contributed by atoms with Crippen LogP contribution in [0.5, 0.6) is 0 Å². The fourth-order valence-corrected chi connectivity index (χ4v) is 3.73. The van der Waals surface area contributed by atoms with Gasteiger partial charge in [0.1, 0.15) is 0 Å². The van der Waals surface area contributed by atoms with Gasteiger partial charge in [-0.2, -0.15) is 0 Å². The second-order valence-corrected chi connectivity index (χ2v) is 7.85. The summed E-state index contributed by atoms with van der Waals surface area (Å²) in [5.74, 6) is 0.0510. The Morgan fingerprint density at radius 2 is 1.76 bits per heavy atom. The van der Waals surface area contributed by atoms with Crippen LogP contribution in [0, 0.1) is 5.92 Å². The van der Waals surface area contributed by atoms with Crippen LogP contribution in [0.25, 0.3) is 0 Å². The van der Waals surface area contributed by atoms with Crippen molar-refractivity contribution in [2.24, 2.45) is 5.92 Å². The first-order chi connectivity index (χ1) is 14.0. The maximum absolute atomic E-state index is 12.7. The second kappa shape index (κ2) is 10.2. The highest BCUT2D eigenvalue weighted by atomic mass is 16.2. The number of nitrogens with one attached hydrogen (secondary N) is 1. The number of benzene rings is 2. The number of hydrogen-bond donors (Lipinski definition) is 1. The van der Waals surface area contributed by atoms with Crippen molar-refractivity contribution in [2.45, 2.75) is 32.7 Å². The molecular formula is C24H31N3O2. The van der Waals surface area contributed by atoms with Gasteiger partial charge in [0.2, 0.25) is 11.8 Å². The number of para-hydroxylation sites is 1. The van der Waals surface area contributed by atoms with Crippen LogP contribution in [0.1, 0.15) is 30.9 Å². The zero-order valence-corrected chi connectivity index (χ0v) is 17.4. The van der Waals surface area contributed by atoms with Crippen molar-refractivity contribution in [3.8, 4) is 0 Å². The second-order valence-electron chi connectivity index (χ2n) is 7.85. The van der Waals surface area contributed by atoms with E-state index in [1.54, 1.807) is 4.90 Å². The predicted molar refractivity (Wildman–Crippen MR) is 117 cm³/mol. The van der Waals surface area contributed by atoms with E-state index in [1.165, 1.54) is 5.56 Å². The zero-order chi connectivity index (χ0) is 20.6. The zero-order valence-electron chi connectivity index (χ0n) is 17.4. The third kappa shape index (κ3) is 6.16. The SMILES string of the molecule is CCc1ccc(CN(C)C(=O)CN2CCCC(C(=O)Nc3ccccc3)C2)cc1. The number of carbonyl (C=O) groups excluding carboxylic acids is 2. The van der Waals surface area contributed by atoms with Gasteiger partial charge in [-0.3, -0.25) is 14.5 Å². The Labute approximate surface area is 173 Å². The van der Waals surface area contributed by atoms with Gasteiger partial charge in [-0.15, -0.1) is 0 Å². The Balaban J connectivity index is 1.49. The average Bonchev–Trinajstić information content (AvgIpc) is 2.75. The number of anilines is 1. The lowest BCUT2D eigenvalue weighted by Gasteiger charge is -2.32. The molecule has 1 heterocycles. The van der Waals surface area contributed by atoms with Crippen molar-refractivity contribution >= 4 is 17.5 Å². The van der Waals surface area contributed by atoms with Gasteiger partial charge in [-0.25, -0.2) is 0 Å². The first-order valence-electron chi connectivity index (χ1n) is 10.4. The number of piperidine rings is 1. The first-order valence-corrected chi connectivity index (χ1v) is 10.4. The predicted octanol–water partition coefficient (Wildman–Crippen LogP) is 3.56. The molecule has 1 aliphatic heterocycles. The molecule has 1 saturated heterocycles. The molecule has 1 atom stereocenters. The molecule has 1 fully saturated rings. The number of rotatable bonds is 7. The Bertz CT molecular complexity index is 805. The minimum Gasteiger partial charge on any atom is -0.340 e. The number of likely N-dealkylation sites (tertiary alicyclic amines) is 1. The van der Waals surface area contributed by atoms with Gasteiger partial charge in [0.05, 0.1) is 12.5 Å². The monoisotopic (exact) mass is 393 g/mol. The Morgan fingerprint density at radius 1 is 1.07 bits per heavy atom. The van der Waals surface area contributed by atoms with Crippen LogP contribution < -0.4 is 5.32 Å². The summed E-state index contributed by atoms with van der Waals surface area (Å²) in [6.45, 7) is 4.59. The summed E-state index contributed by atoms with van der Waals surface area (Å²) in [4.78, 5) is 29.2. The lowest BCUT2D eigenvalue weighted by atomic mass is 9.97. The Kier molecular flexibility index (Phi) is 7.42. The number of carbonyl (C=O) groups is 2. The van der Waals surface area contributed by atoms with E-state index in [1.807, 2.05) is 37.4 Å². The third-order valence-electron chi connectivity index (χ3n) is 5.55. The Hall–Kier alpha value is -2.66. The van der Waals surface area contributed by atoms with E-state index < -0.39 is 0 Å². The molecule has 0 aliphatic carbocycles. The first kappa shape index (κ1) is 21.1. The topological polar surface area (TPSA) is 52.7 Å². The third-order valence-corrected chi connectivity index (χ3v) is 5.55. The van der Waals surface area contributed by atoms with E-state index >= 15 is 0 Å². The van der Waals surface area contributed by atoms with Crippen LogP contribution in [0.3, 0.4) is 0 Å². The van der Waals surface area contributed by atoms with Crippen molar-refractivity contribution in [1.29, 1.82) is 0 Å². The largest absolute Gasteiger partial charge is 0.340 e. The number of amides is 2. The van der Waals surface area contributed by atoms with Crippen LogP contribution in [-0.4, -0.2) is 48.3 Å². The smallest absolute Gasteiger partial charge is 0.236 e. The molecule has 0 aromatic heterocycles. The lowest BCUT2D eigenvalue weighted by molar-refractivity contribution is -0.133. The maximum atomic E-state index is 12.7. The molecule has 3 rings (SSSR count). The molecule has 1 unspecified atom stereocenters. The fraction of sp³-hybridized carbons (Fsp3) is 0.417. The molecule has 2 aromatic rings. The Morgan fingerprint density at radius 3 is 2.45 bits per heavy atom. The van der Waals surface area contributed by atoms with E-state index in [4.69, 9.17) is 0 Å². The molecule has 0 bridgehead atoms. The van der Waals surface area contributed by atoms with Crippen LogP contribution in [0.4, 0.5) is 5.69 Å². The molecule has 2 aromatic carbocycles. The number of aryl methyl sites for hydroxylation is 1. The summed E-state index contributed by atoms with van der Waals surface area (Å²) in [7, 11) is 1.85. The van der Waals surface area contributed by atoms with Crippen molar-refractivity contribution in [1.82, 2.24) is 9.80 Å². The van der Waals surface area contributed by atoms with Gasteiger partial charge in [0.25, 0.3) is 0 Å². The molecule has 0 spiro atoms. The van der Waals surface area contributed by atoms with Gasteiger partial charge in [0.15, 0.2) is 0 Å². The van der Waals surface area contributed by atoms with Crippen LogP contribution in [0.2, 0.25) is 0 Å². The highest BCUT2D eigenvalue weighted by Gasteiger charge is 2.27. The van der Waals surface area contributed by atoms with Gasteiger partial charge in [-0.1, -0.05) is 49.4 Å². The highest BCUT2D eigenvalue weighted by Crippen LogP contribution is 2.19. The van der Waals surface area contributed by atoms with Crippen LogP contribution >= 0.6 is 0 Å². The summed E-state index contributed by atoms with van der Waals surface area (Å²) < 4.78 is 0. The van der Waals surface area contributed by atoms with Gasteiger partial charge >= 0.3 is 0 Å². The molecular weight excluding hydrogens is 362 g/mol. The number of hydrogen-bond acceptors (Lipinski definition) is 3.